The Morgan fingerprint density at radius 1 is 1.39 bits per heavy atom. The van der Waals surface area contributed by atoms with E-state index in [1.54, 1.807) is 6.20 Å². The van der Waals surface area contributed by atoms with Gasteiger partial charge in [0.25, 0.3) is 0 Å². The summed E-state index contributed by atoms with van der Waals surface area (Å²) >= 11 is 2.87. The fourth-order valence-corrected chi connectivity index (χ4v) is 3.26. The van der Waals surface area contributed by atoms with Gasteiger partial charge >= 0.3 is 12.1 Å². The van der Waals surface area contributed by atoms with Crippen molar-refractivity contribution < 1.29 is 19.4 Å². The molecule has 2 rings (SSSR count). The van der Waals surface area contributed by atoms with E-state index in [1.807, 2.05) is 36.6 Å². The average molecular weight is 352 g/mol. The monoisotopic (exact) mass is 352 g/mol. The second-order valence-electron chi connectivity index (χ2n) is 4.58. The van der Waals surface area contributed by atoms with Crippen LogP contribution in [0.2, 0.25) is 0 Å². The van der Waals surface area contributed by atoms with Crippen molar-refractivity contribution in [3.8, 4) is 0 Å². The van der Waals surface area contributed by atoms with Crippen molar-refractivity contribution in [2.24, 2.45) is 0 Å². The van der Waals surface area contributed by atoms with Crippen molar-refractivity contribution in [1.82, 2.24) is 10.3 Å². The number of benzene rings is 1. The summed E-state index contributed by atoms with van der Waals surface area (Å²) in [6.45, 7) is 0.125. The van der Waals surface area contributed by atoms with E-state index in [2.05, 4.69) is 10.3 Å². The number of hydrogen-bond donors (Lipinski definition) is 2. The largest absolute Gasteiger partial charge is 0.481 e. The van der Waals surface area contributed by atoms with Crippen LogP contribution < -0.4 is 5.32 Å². The van der Waals surface area contributed by atoms with Gasteiger partial charge in [-0.25, -0.2) is 9.78 Å². The molecule has 0 bridgehead atoms. The number of thioether (sulfide) groups is 1. The summed E-state index contributed by atoms with van der Waals surface area (Å²) in [7, 11) is 0. The Labute approximate surface area is 141 Å². The third-order valence-electron chi connectivity index (χ3n) is 2.89. The highest BCUT2D eigenvalue weighted by molar-refractivity contribution is 8.00. The number of thiazole rings is 1. The lowest BCUT2D eigenvalue weighted by Gasteiger charge is -2.14. The summed E-state index contributed by atoms with van der Waals surface area (Å²) in [6.07, 6.45) is 2.66. The molecule has 0 spiro atoms. The molecule has 0 aliphatic rings. The number of aliphatic carboxylic acids is 1. The molecule has 1 unspecified atom stereocenters. The van der Waals surface area contributed by atoms with E-state index in [4.69, 9.17) is 9.84 Å². The molecule has 0 aliphatic carbocycles. The van der Waals surface area contributed by atoms with Crippen LogP contribution in [0.15, 0.2) is 40.7 Å². The SMILES string of the molecule is CSc1cnc(C(CC(=O)O)NC(=O)OCc2ccccc2)s1. The first-order chi connectivity index (χ1) is 11.1. The minimum Gasteiger partial charge on any atom is -0.481 e. The Morgan fingerprint density at radius 3 is 2.74 bits per heavy atom. The number of carbonyl (C=O) groups excluding carboxylic acids is 1. The normalized spacial score (nSPS) is 11.7. The molecule has 0 saturated heterocycles. The summed E-state index contributed by atoms with van der Waals surface area (Å²) < 4.78 is 6.08. The molecule has 1 atom stereocenters. The quantitative estimate of drug-likeness (QED) is 0.743. The molecule has 0 radical (unpaired) electrons. The smallest absolute Gasteiger partial charge is 0.408 e. The maximum Gasteiger partial charge on any atom is 0.408 e. The van der Waals surface area contributed by atoms with E-state index >= 15 is 0 Å². The molecule has 2 aromatic rings. The van der Waals surface area contributed by atoms with Gasteiger partial charge in [-0.3, -0.25) is 4.79 Å². The number of hydrogen-bond acceptors (Lipinski definition) is 6. The van der Waals surface area contributed by atoms with E-state index in [1.165, 1.54) is 23.1 Å². The Kier molecular flexibility index (Phi) is 6.42. The molecule has 6 nitrogen and oxygen atoms in total. The van der Waals surface area contributed by atoms with E-state index in [0.717, 1.165) is 9.77 Å². The Bertz CT molecular complexity index is 661. The number of ether oxygens (including phenoxy) is 1. The van der Waals surface area contributed by atoms with Gasteiger partial charge in [0.2, 0.25) is 0 Å². The number of carboxylic acids is 1. The van der Waals surface area contributed by atoms with Crippen LogP contribution in [0.4, 0.5) is 4.79 Å². The highest BCUT2D eigenvalue weighted by Crippen LogP contribution is 2.28. The zero-order valence-electron chi connectivity index (χ0n) is 12.4. The van der Waals surface area contributed by atoms with Gasteiger partial charge in [-0.1, -0.05) is 30.3 Å². The van der Waals surface area contributed by atoms with Gasteiger partial charge in [0.1, 0.15) is 11.6 Å². The van der Waals surface area contributed by atoms with Crippen LogP contribution in [0.5, 0.6) is 0 Å². The number of nitrogens with one attached hydrogen (secondary N) is 1. The third-order valence-corrected chi connectivity index (χ3v) is 5.05. The number of nitrogens with zero attached hydrogens (tertiary/aromatic N) is 1. The molecule has 1 aromatic heterocycles. The Morgan fingerprint density at radius 2 is 2.13 bits per heavy atom. The van der Waals surface area contributed by atoms with Gasteiger partial charge in [0.15, 0.2) is 0 Å². The predicted octanol–water partition coefficient (Wildman–Crippen LogP) is 3.31. The minimum absolute atomic E-state index is 0.125. The molecule has 1 heterocycles. The third kappa shape index (κ3) is 5.57. The molecule has 23 heavy (non-hydrogen) atoms. The van der Waals surface area contributed by atoms with E-state index in [9.17, 15) is 9.59 Å². The standard InChI is InChI=1S/C15H16N2O4S2/c1-22-13-8-16-14(23-13)11(7-12(18)19)17-15(20)21-9-10-5-3-2-4-6-10/h2-6,8,11H,7,9H2,1H3,(H,17,20)(H,18,19). The van der Waals surface area contributed by atoms with Gasteiger partial charge in [-0.2, -0.15) is 0 Å². The van der Waals surface area contributed by atoms with Crippen molar-refractivity contribution in [2.75, 3.05) is 6.26 Å². The number of rotatable bonds is 7. The van der Waals surface area contributed by atoms with Crippen LogP contribution in [0.25, 0.3) is 0 Å². The molecule has 0 fully saturated rings. The lowest BCUT2D eigenvalue weighted by Crippen LogP contribution is -2.30. The maximum atomic E-state index is 11.9. The summed E-state index contributed by atoms with van der Waals surface area (Å²) in [4.78, 5) is 27.1. The fraction of sp³-hybridized carbons (Fsp3) is 0.267. The second kappa shape index (κ2) is 8.54. The second-order valence-corrected chi connectivity index (χ2v) is 6.75. The lowest BCUT2D eigenvalue weighted by atomic mass is 10.2. The van der Waals surface area contributed by atoms with Gasteiger partial charge in [0, 0.05) is 0 Å². The number of amides is 1. The van der Waals surface area contributed by atoms with Crippen LogP contribution in [0.3, 0.4) is 0 Å². The summed E-state index contributed by atoms with van der Waals surface area (Å²) in [5, 5.41) is 12.1. The predicted molar refractivity (Wildman–Crippen MR) is 88.7 cm³/mol. The topological polar surface area (TPSA) is 88.5 Å². The van der Waals surface area contributed by atoms with Crippen LogP contribution in [0, 0.1) is 0 Å². The first-order valence-electron chi connectivity index (χ1n) is 6.77. The first kappa shape index (κ1) is 17.3. The number of aromatic nitrogens is 1. The number of carboxylic acid groups (broad SMARTS) is 1. The Balaban J connectivity index is 1.96. The van der Waals surface area contributed by atoms with Crippen LogP contribution in [0.1, 0.15) is 23.0 Å². The van der Waals surface area contributed by atoms with Gasteiger partial charge in [-0.15, -0.1) is 23.1 Å². The molecule has 0 aliphatic heterocycles. The summed E-state index contributed by atoms with van der Waals surface area (Å²) in [6, 6.07) is 8.55. The van der Waals surface area contributed by atoms with Crippen molar-refractivity contribution >= 4 is 35.2 Å². The molecular weight excluding hydrogens is 336 g/mol. The molecule has 2 N–H and O–H groups in total. The van der Waals surface area contributed by atoms with Crippen molar-refractivity contribution in [2.45, 2.75) is 23.3 Å². The van der Waals surface area contributed by atoms with Gasteiger partial charge < -0.3 is 15.2 Å². The number of carbonyl (C=O) groups is 2. The van der Waals surface area contributed by atoms with E-state index < -0.39 is 18.1 Å². The molecule has 0 saturated carbocycles. The highest BCUT2D eigenvalue weighted by Gasteiger charge is 2.22. The van der Waals surface area contributed by atoms with Crippen molar-refractivity contribution in [1.29, 1.82) is 0 Å². The lowest BCUT2D eigenvalue weighted by molar-refractivity contribution is -0.137. The zero-order valence-corrected chi connectivity index (χ0v) is 14.0. The van der Waals surface area contributed by atoms with E-state index in [-0.39, 0.29) is 13.0 Å². The first-order valence-corrected chi connectivity index (χ1v) is 8.81. The molecule has 122 valence electrons. The summed E-state index contributed by atoms with van der Waals surface area (Å²) in [5.41, 5.74) is 0.858. The van der Waals surface area contributed by atoms with Crippen molar-refractivity contribution in [3.63, 3.8) is 0 Å². The molecular formula is C15H16N2O4S2. The highest BCUT2D eigenvalue weighted by atomic mass is 32.2. The average Bonchev–Trinajstić information content (AvgIpc) is 3.02. The zero-order chi connectivity index (χ0) is 16.7. The molecule has 1 amide bonds. The van der Waals surface area contributed by atoms with Crippen LogP contribution >= 0.6 is 23.1 Å². The van der Waals surface area contributed by atoms with Crippen LogP contribution in [-0.4, -0.2) is 28.4 Å². The van der Waals surface area contributed by atoms with Crippen LogP contribution in [-0.2, 0) is 16.1 Å². The van der Waals surface area contributed by atoms with E-state index in [0.29, 0.717) is 5.01 Å². The fourth-order valence-electron chi connectivity index (χ4n) is 1.81. The van der Waals surface area contributed by atoms with Gasteiger partial charge in [-0.05, 0) is 11.8 Å². The van der Waals surface area contributed by atoms with Crippen molar-refractivity contribution in [3.05, 3.63) is 47.1 Å². The molecule has 1 aromatic carbocycles. The Hall–Kier alpha value is -2.06. The minimum atomic E-state index is -1.01. The summed E-state index contributed by atoms with van der Waals surface area (Å²) in [5.74, 6) is -1.01. The maximum absolute atomic E-state index is 11.9. The molecule has 8 heteroatoms. The van der Waals surface area contributed by atoms with Gasteiger partial charge in [0.05, 0.1) is 22.9 Å². The number of alkyl carbamates (subject to hydrolysis) is 1.